The Kier molecular flexibility index (Phi) is 6.29. The molecule has 1 radical (unpaired) electrons. The molecule has 2 aromatic carbocycles. The molecule has 3 heteroatoms. The first-order valence-electron chi connectivity index (χ1n) is 6.76. The molecule has 0 aliphatic heterocycles. The molecule has 0 fully saturated rings. The van der Waals surface area contributed by atoms with Gasteiger partial charge in [0.05, 0.1) is 0 Å². The molecule has 0 nitrogen and oxygen atoms in total. The fourth-order valence-electron chi connectivity index (χ4n) is 2.77. The van der Waals surface area contributed by atoms with Gasteiger partial charge in [-0.1, -0.05) is 59.2 Å². The van der Waals surface area contributed by atoms with Gasteiger partial charge >= 0.3 is 37.9 Å². The van der Waals surface area contributed by atoms with Crippen molar-refractivity contribution in [2.45, 2.75) is 20.8 Å². The van der Waals surface area contributed by atoms with E-state index in [2.05, 4.69) is 69.7 Å². The van der Waals surface area contributed by atoms with Crippen molar-refractivity contribution in [1.29, 1.82) is 0 Å². The molecule has 0 N–H and O–H groups in total. The van der Waals surface area contributed by atoms with Crippen molar-refractivity contribution >= 4 is 23.1 Å². The van der Waals surface area contributed by atoms with E-state index in [9.17, 15) is 0 Å². The summed E-state index contributed by atoms with van der Waals surface area (Å²) in [5.41, 5.74) is 9.35. The van der Waals surface area contributed by atoms with Gasteiger partial charge in [-0.05, 0) is 43.0 Å². The number of hydrogen-bond acceptors (Lipinski definition) is 0. The molecule has 0 heterocycles. The summed E-state index contributed by atoms with van der Waals surface area (Å²) in [6.07, 6.45) is 4.53. The Bertz CT molecular complexity index is 655. The van der Waals surface area contributed by atoms with Crippen LogP contribution in [0.25, 0.3) is 17.2 Å². The van der Waals surface area contributed by atoms with Crippen molar-refractivity contribution in [2.75, 3.05) is 0 Å². The summed E-state index contributed by atoms with van der Waals surface area (Å²) < 4.78 is 0. The number of halogens is 2. The molecular weight excluding hydrogens is 378 g/mol. The Morgan fingerprint density at radius 2 is 1.52 bits per heavy atom. The average molecular weight is 395 g/mol. The second-order valence-electron chi connectivity index (χ2n) is 5.29. The van der Waals surface area contributed by atoms with Crippen LogP contribution in [0.5, 0.6) is 0 Å². The third-order valence-corrected chi connectivity index (χ3v) is 3.43. The van der Waals surface area contributed by atoms with E-state index >= 15 is 0 Å². The number of allylic oxidation sites excluding steroid dienone is 1. The first-order valence-corrected chi connectivity index (χ1v) is 13.1. The minimum atomic E-state index is -0.826. The third-order valence-electron chi connectivity index (χ3n) is 3.43. The minimum absolute atomic E-state index is 0.826. The van der Waals surface area contributed by atoms with E-state index in [4.69, 9.17) is 17.0 Å². The van der Waals surface area contributed by atoms with E-state index in [1.54, 1.807) is 0 Å². The molecule has 0 spiro atoms. The van der Waals surface area contributed by atoms with Gasteiger partial charge in [-0.2, -0.15) is 0 Å². The van der Waals surface area contributed by atoms with E-state index in [1.807, 2.05) is 0 Å². The van der Waals surface area contributed by atoms with Crippen molar-refractivity contribution in [3.63, 3.8) is 0 Å². The van der Waals surface area contributed by atoms with Gasteiger partial charge in [0.25, 0.3) is 0 Å². The van der Waals surface area contributed by atoms with Crippen LogP contribution in [-0.2, 0) is 20.8 Å². The van der Waals surface area contributed by atoms with Gasteiger partial charge in [-0.3, -0.25) is 0 Å². The number of fused-ring (bicyclic) bond motifs is 1. The summed E-state index contributed by atoms with van der Waals surface area (Å²) in [5, 5.41) is 0. The Hall–Kier alpha value is -0.357. The van der Waals surface area contributed by atoms with Gasteiger partial charge < -0.3 is 0 Å². The maximum atomic E-state index is 4.93. The Balaban J connectivity index is 0.000000497. The number of aryl methyl sites for hydroxylation is 2. The predicted molar refractivity (Wildman–Crippen MR) is 90.1 cm³/mol. The fourth-order valence-corrected chi connectivity index (χ4v) is 2.77. The molecule has 0 bridgehead atoms. The Labute approximate surface area is 145 Å². The summed E-state index contributed by atoms with van der Waals surface area (Å²) in [7, 11) is 9.87. The van der Waals surface area contributed by atoms with Crippen molar-refractivity contribution in [3.05, 3.63) is 70.6 Å². The summed E-state index contributed by atoms with van der Waals surface area (Å²) >= 11 is -0.826. The van der Waals surface area contributed by atoms with Crippen LogP contribution >= 0.6 is 17.0 Å². The van der Waals surface area contributed by atoms with E-state index in [1.165, 1.54) is 39.0 Å². The van der Waals surface area contributed by atoms with Crippen LogP contribution in [-0.4, -0.2) is 0 Å². The molecule has 0 unspecified atom stereocenters. The predicted octanol–water partition coefficient (Wildman–Crippen LogP) is 6.32. The molecule has 3 rings (SSSR count). The molecule has 0 saturated heterocycles. The third kappa shape index (κ3) is 4.32. The zero-order chi connectivity index (χ0) is 15.4. The van der Waals surface area contributed by atoms with Crippen molar-refractivity contribution in [1.82, 2.24) is 0 Å². The molecule has 1 aliphatic carbocycles. The number of hydrogen-bond donors (Lipinski definition) is 0. The van der Waals surface area contributed by atoms with Crippen LogP contribution in [0.2, 0.25) is 0 Å². The van der Waals surface area contributed by atoms with Gasteiger partial charge in [-0.25, -0.2) is 0 Å². The summed E-state index contributed by atoms with van der Waals surface area (Å²) in [5.74, 6) is 0. The zero-order valence-corrected chi connectivity index (χ0v) is 16.3. The normalized spacial score (nSPS) is 12.1. The molecule has 0 aromatic heterocycles. The second-order valence-corrected chi connectivity index (χ2v) is 9.02. The van der Waals surface area contributed by atoms with Gasteiger partial charge in [0.1, 0.15) is 0 Å². The first-order chi connectivity index (χ1) is 10.0. The summed E-state index contributed by atoms with van der Waals surface area (Å²) in [6, 6.07) is 13.3. The van der Waals surface area contributed by atoms with E-state index < -0.39 is 20.8 Å². The van der Waals surface area contributed by atoms with Crippen molar-refractivity contribution in [3.8, 4) is 11.1 Å². The monoisotopic (exact) mass is 393 g/mol. The number of rotatable bonds is 1. The van der Waals surface area contributed by atoms with Crippen LogP contribution in [0, 0.1) is 20.3 Å². The molecule has 1 aliphatic rings. The van der Waals surface area contributed by atoms with E-state index in [-0.39, 0.29) is 0 Å². The molecular formula is C18H17Cl2Zr. The van der Waals surface area contributed by atoms with Crippen LogP contribution < -0.4 is 0 Å². The van der Waals surface area contributed by atoms with Gasteiger partial charge in [0.15, 0.2) is 0 Å². The summed E-state index contributed by atoms with van der Waals surface area (Å²) in [4.78, 5) is 0. The maximum absolute atomic E-state index is 4.93. The molecule has 0 atom stereocenters. The van der Waals surface area contributed by atoms with E-state index in [0.29, 0.717) is 0 Å². The van der Waals surface area contributed by atoms with Gasteiger partial charge in [0, 0.05) is 6.42 Å². The van der Waals surface area contributed by atoms with E-state index in [0.717, 1.165) is 0 Å². The van der Waals surface area contributed by atoms with Gasteiger partial charge in [-0.15, -0.1) is 0 Å². The summed E-state index contributed by atoms with van der Waals surface area (Å²) in [6.45, 7) is 6.48. The van der Waals surface area contributed by atoms with Crippen LogP contribution in [0.15, 0.2) is 42.0 Å². The molecule has 2 aromatic rings. The first kappa shape index (κ1) is 17.0. The molecule has 107 valence electrons. The van der Waals surface area contributed by atoms with Crippen molar-refractivity contribution < 1.29 is 20.8 Å². The molecule has 0 amide bonds. The van der Waals surface area contributed by atoms with Crippen LogP contribution in [0.1, 0.15) is 29.2 Å². The number of benzene rings is 2. The molecule has 21 heavy (non-hydrogen) atoms. The molecule has 0 saturated carbocycles. The standard InChI is InChI=1S/C18H17.2ClH.Zr/c1-12-7-13(2)10-16(9-12)17-6-4-5-15-8-14(3)11-18(15)17;;;/h4-11H,1-3H3;2*1H;/q;;;+2/p-2. The topological polar surface area (TPSA) is 0 Å². The van der Waals surface area contributed by atoms with Crippen molar-refractivity contribution in [2.24, 2.45) is 0 Å². The fraction of sp³-hybridized carbons (Fsp3) is 0.167. The Morgan fingerprint density at radius 3 is 2.14 bits per heavy atom. The quantitative estimate of drug-likeness (QED) is 0.530. The SMILES string of the molecule is CC1=Cc2c(cccc2-c2cc(C)cc(C)c2)[CH]1.[Cl][Zr][Cl]. The zero-order valence-electron chi connectivity index (χ0n) is 12.4. The van der Waals surface area contributed by atoms with Gasteiger partial charge in [0.2, 0.25) is 0 Å². The second kappa shape index (κ2) is 7.77. The van der Waals surface area contributed by atoms with Crippen LogP contribution in [0.3, 0.4) is 0 Å². The Morgan fingerprint density at radius 1 is 0.905 bits per heavy atom. The average Bonchev–Trinajstić information content (AvgIpc) is 2.78. The van der Waals surface area contributed by atoms with Crippen LogP contribution in [0.4, 0.5) is 0 Å².